The second kappa shape index (κ2) is 5.24. The van der Waals surface area contributed by atoms with Gasteiger partial charge in [0.25, 0.3) is 0 Å². The van der Waals surface area contributed by atoms with E-state index in [2.05, 4.69) is 9.99 Å². The van der Waals surface area contributed by atoms with Crippen molar-refractivity contribution in [3.63, 3.8) is 0 Å². The zero-order chi connectivity index (χ0) is 7.11. The summed E-state index contributed by atoms with van der Waals surface area (Å²) in [6, 6.07) is 0. The van der Waals surface area contributed by atoms with Crippen molar-refractivity contribution in [3.8, 4) is 0 Å². The van der Waals surface area contributed by atoms with Crippen LogP contribution in [0.2, 0.25) is 0 Å². The van der Waals surface area contributed by atoms with Crippen LogP contribution in [-0.2, 0) is 9.63 Å². The number of carbonyl (C=O) groups excluding carboxylic acids is 1. The lowest BCUT2D eigenvalue weighted by Crippen LogP contribution is -2.14. The fourth-order valence-corrected chi connectivity index (χ4v) is 0.208. The molecule has 0 aliphatic carbocycles. The minimum atomic E-state index is -0.514. The first-order valence-corrected chi connectivity index (χ1v) is 2.73. The van der Waals surface area contributed by atoms with Gasteiger partial charge in [-0.15, -0.1) is 0 Å². The van der Waals surface area contributed by atoms with Crippen molar-refractivity contribution in [2.75, 3.05) is 6.54 Å². The van der Waals surface area contributed by atoms with Gasteiger partial charge < -0.3 is 10.6 Å². The molecule has 0 unspecified atom stereocenters. The molecule has 0 rings (SSSR count). The lowest BCUT2D eigenvalue weighted by atomic mass is 10.6. The van der Waals surface area contributed by atoms with Crippen molar-refractivity contribution in [1.82, 2.24) is 0 Å². The van der Waals surface area contributed by atoms with E-state index in [9.17, 15) is 4.79 Å². The smallest absolute Gasteiger partial charge is 0.321 e. The van der Waals surface area contributed by atoms with E-state index in [1.807, 2.05) is 6.92 Å². The van der Waals surface area contributed by atoms with Crippen molar-refractivity contribution in [2.24, 2.45) is 10.9 Å². The third-order valence-electron chi connectivity index (χ3n) is 0.578. The quantitative estimate of drug-likeness (QED) is 0.329. The minimum absolute atomic E-state index is 0.124. The Morgan fingerprint density at radius 2 is 2.56 bits per heavy atom. The number of oxime groups is 1. The van der Waals surface area contributed by atoms with Crippen LogP contribution in [0.15, 0.2) is 5.16 Å². The van der Waals surface area contributed by atoms with Crippen molar-refractivity contribution in [3.05, 3.63) is 0 Å². The SMILES string of the molecule is CC/C=N/OC(=O)CN. The highest BCUT2D eigenvalue weighted by atomic mass is 16.7. The van der Waals surface area contributed by atoms with Crippen LogP contribution in [0, 0.1) is 0 Å². The van der Waals surface area contributed by atoms with E-state index in [1.54, 1.807) is 0 Å². The van der Waals surface area contributed by atoms with Gasteiger partial charge in [0.05, 0.1) is 6.54 Å². The molecule has 9 heavy (non-hydrogen) atoms. The van der Waals surface area contributed by atoms with Gasteiger partial charge in [-0.25, -0.2) is 4.79 Å². The molecular formula is C5H10N2O2. The number of nitrogens with two attached hydrogens (primary N) is 1. The predicted molar refractivity (Wildman–Crippen MR) is 33.9 cm³/mol. The van der Waals surface area contributed by atoms with Crippen LogP contribution in [0.3, 0.4) is 0 Å². The van der Waals surface area contributed by atoms with E-state index in [1.165, 1.54) is 6.21 Å². The van der Waals surface area contributed by atoms with Crippen molar-refractivity contribution in [1.29, 1.82) is 0 Å². The van der Waals surface area contributed by atoms with E-state index in [0.29, 0.717) is 0 Å². The molecule has 0 spiro atoms. The Morgan fingerprint density at radius 1 is 1.89 bits per heavy atom. The molecule has 0 saturated carbocycles. The summed E-state index contributed by atoms with van der Waals surface area (Å²) in [5.74, 6) is -0.514. The van der Waals surface area contributed by atoms with Crippen molar-refractivity contribution < 1.29 is 9.63 Å². The van der Waals surface area contributed by atoms with Crippen LogP contribution in [0.1, 0.15) is 13.3 Å². The van der Waals surface area contributed by atoms with Gasteiger partial charge in [0.15, 0.2) is 0 Å². The molecule has 0 atom stereocenters. The van der Waals surface area contributed by atoms with Gasteiger partial charge in [-0.1, -0.05) is 12.1 Å². The molecule has 0 amide bonds. The standard InChI is InChI=1S/C5H10N2O2/c1-2-3-7-9-5(8)4-6/h3H,2,4,6H2,1H3/b7-3+. The fourth-order valence-electron chi connectivity index (χ4n) is 0.208. The molecule has 0 aromatic rings. The maximum Gasteiger partial charge on any atom is 0.348 e. The van der Waals surface area contributed by atoms with Gasteiger partial charge in [0.1, 0.15) is 0 Å². The Hall–Kier alpha value is -0.900. The van der Waals surface area contributed by atoms with Gasteiger partial charge in [0, 0.05) is 6.21 Å². The summed E-state index contributed by atoms with van der Waals surface area (Å²) < 4.78 is 0. The summed E-state index contributed by atoms with van der Waals surface area (Å²) in [7, 11) is 0. The maximum absolute atomic E-state index is 10.2. The van der Waals surface area contributed by atoms with E-state index < -0.39 is 5.97 Å². The molecule has 0 saturated heterocycles. The van der Waals surface area contributed by atoms with E-state index in [4.69, 9.17) is 5.73 Å². The monoisotopic (exact) mass is 130 g/mol. The summed E-state index contributed by atoms with van der Waals surface area (Å²) in [6.45, 7) is 1.76. The Kier molecular flexibility index (Phi) is 4.72. The predicted octanol–water partition coefficient (Wildman–Crippen LogP) is -0.116. The molecule has 4 heteroatoms. The number of carbonyl (C=O) groups is 1. The Balaban J connectivity index is 3.26. The van der Waals surface area contributed by atoms with Crippen LogP contribution in [0.4, 0.5) is 0 Å². The van der Waals surface area contributed by atoms with Gasteiger partial charge in [0.2, 0.25) is 0 Å². The Bertz CT molecular complexity index is 112. The van der Waals surface area contributed by atoms with Crippen LogP contribution in [-0.4, -0.2) is 18.7 Å². The number of hydrogen-bond donors (Lipinski definition) is 1. The fraction of sp³-hybridized carbons (Fsp3) is 0.600. The van der Waals surface area contributed by atoms with E-state index in [-0.39, 0.29) is 6.54 Å². The molecule has 0 radical (unpaired) electrons. The molecular weight excluding hydrogens is 120 g/mol. The molecule has 0 heterocycles. The summed E-state index contributed by atoms with van der Waals surface area (Å²) >= 11 is 0. The van der Waals surface area contributed by atoms with Crippen LogP contribution >= 0.6 is 0 Å². The third-order valence-corrected chi connectivity index (χ3v) is 0.578. The normalized spacial score (nSPS) is 10.0. The zero-order valence-electron chi connectivity index (χ0n) is 5.33. The van der Waals surface area contributed by atoms with E-state index >= 15 is 0 Å². The van der Waals surface area contributed by atoms with Crippen molar-refractivity contribution in [2.45, 2.75) is 13.3 Å². The molecule has 4 nitrogen and oxygen atoms in total. The Morgan fingerprint density at radius 3 is 3.00 bits per heavy atom. The molecule has 0 aliphatic rings. The summed E-state index contributed by atoms with van der Waals surface area (Å²) in [4.78, 5) is 14.5. The maximum atomic E-state index is 10.2. The highest BCUT2D eigenvalue weighted by molar-refractivity contribution is 5.71. The van der Waals surface area contributed by atoms with Crippen LogP contribution in [0.5, 0.6) is 0 Å². The lowest BCUT2D eigenvalue weighted by molar-refractivity contribution is -0.141. The lowest BCUT2D eigenvalue weighted by Gasteiger charge is -1.89. The first-order valence-electron chi connectivity index (χ1n) is 2.73. The Labute approximate surface area is 53.7 Å². The molecule has 0 aromatic carbocycles. The first kappa shape index (κ1) is 8.10. The summed E-state index contributed by atoms with van der Waals surface area (Å²) in [5.41, 5.74) is 4.91. The molecule has 0 bridgehead atoms. The molecule has 2 N–H and O–H groups in total. The van der Waals surface area contributed by atoms with Gasteiger partial charge in [-0.3, -0.25) is 0 Å². The molecule has 0 aromatic heterocycles. The summed E-state index contributed by atoms with van der Waals surface area (Å²) in [5, 5.41) is 3.31. The average molecular weight is 130 g/mol. The topological polar surface area (TPSA) is 64.7 Å². The van der Waals surface area contributed by atoms with Gasteiger partial charge in [-0.05, 0) is 6.42 Å². The first-order chi connectivity index (χ1) is 4.31. The zero-order valence-corrected chi connectivity index (χ0v) is 5.33. The number of nitrogens with zero attached hydrogens (tertiary/aromatic N) is 1. The second-order valence-electron chi connectivity index (χ2n) is 1.36. The molecule has 52 valence electrons. The van der Waals surface area contributed by atoms with Crippen molar-refractivity contribution >= 4 is 12.2 Å². The number of hydrogen-bond acceptors (Lipinski definition) is 4. The molecule has 0 fully saturated rings. The van der Waals surface area contributed by atoms with Crippen LogP contribution < -0.4 is 5.73 Å². The second-order valence-corrected chi connectivity index (χ2v) is 1.36. The third kappa shape index (κ3) is 4.96. The highest BCUT2D eigenvalue weighted by Crippen LogP contribution is 1.75. The average Bonchev–Trinajstić information content (AvgIpc) is 1.89. The summed E-state index contributed by atoms with van der Waals surface area (Å²) in [6.07, 6.45) is 2.24. The highest BCUT2D eigenvalue weighted by Gasteiger charge is 1.93. The largest absolute Gasteiger partial charge is 0.348 e. The number of rotatable bonds is 3. The van der Waals surface area contributed by atoms with Gasteiger partial charge in [-0.2, -0.15) is 0 Å². The minimum Gasteiger partial charge on any atom is -0.321 e. The van der Waals surface area contributed by atoms with Crippen LogP contribution in [0.25, 0.3) is 0 Å². The van der Waals surface area contributed by atoms with Gasteiger partial charge >= 0.3 is 5.97 Å². The van der Waals surface area contributed by atoms with E-state index in [0.717, 1.165) is 6.42 Å². The molecule has 0 aliphatic heterocycles.